The number of carbonyl (C=O) groups is 1. The number of benzene rings is 2. The van der Waals surface area contributed by atoms with Gasteiger partial charge in [-0.25, -0.2) is 0 Å². The Labute approximate surface area is 210 Å². The quantitative estimate of drug-likeness (QED) is 0.250. The van der Waals surface area contributed by atoms with Crippen molar-refractivity contribution < 1.29 is 19.0 Å². The van der Waals surface area contributed by atoms with Crippen molar-refractivity contribution in [3.63, 3.8) is 0 Å². The summed E-state index contributed by atoms with van der Waals surface area (Å²) >= 11 is 0. The van der Waals surface area contributed by atoms with Gasteiger partial charge in [0.05, 0.1) is 25.4 Å². The standard InChI is InChI=1S/C30H41NO4/c1-3-19-30(20-9-7-13-27-14-8-10-21-34-27)28(35-23-25-11-5-4-6-12-25)29(32)31(30)22-24-15-17-26(33-2)18-16-24/h4-6,11-12,15-18,27-28H,3,7-10,13-14,19-23H2,1-2H3/t27?,28-,30-/m0/s1. The Bertz CT molecular complexity index is 910. The monoisotopic (exact) mass is 479 g/mol. The predicted molar refractivity (Wildman–Crippen MR) is 138 cm³/mol. The van der Waals surface area contributed by atoms with Gasteiger partial charge in [0, 0.05) is 13.2 Å². The lowest BCUT2D eigenvalue weighted by atomic mass is 9.72. The maximum Gasteiger partial charge on any atom is 0.255 e. The fourth-order valence-corrected chi connectivity index (χ4v) is 5.72. The lowest BCUT2D eigenvalue weighted by molar-refractivity contribution is -0.203. The molecule has 5 nitrogen and oxygen atoms in total. The molecular weight excluding hydrogens is 438 g/mol. The number of carbonyl (C=O) groups excluding carboxylic acids is 1. The van der Waals surface area contributed by atoms with Gasteiger partial charge in [-0.15, -0.1) is 0 Å². The molecule has 3 atom stereocenters. The molecule has 0 N–H and O–H groups in total. The number of methoxy groups -OCH3 is 1. The summed E-state index contributed by atoms with van der Waals surface area (Å²) in [4.78, 5) is 15.5. The fourth-order valence-electron chi connectivity index (χ4n) is 5.72. The molecule has 0 saturated carbocycles. The van der Waals surface area contributed by atoms with Gasteiger partial charge < -0.3 is 19.1 Å². The van der Waals surface area contributed by atoms with Crippen LogP contribution in [-0.2, 0) is 27.4 Å². The largest absolute Gasteiger partial charge is 0.497 e. The Balaban J connectivity index is 1.46. The van der Waals surface area contributed by atoms with E-state index in [1.54, 1.807) is 7.11 Å². The van der Waals surface area contributed by atoms with E-state index in [1.165, 1.54) is 19.3 Å². The van der Waals surface area contributed by atoms with Crippen molar-refractivity contribution in [1.82, 2.24) is 4.90 Å². The Morgan fingerprint density at radius 2 is 1.80 bits per heavy atom. The van der Waals surface area contributed by atoms with Crippen molar-refractivity contribution in [2.24, 2.45) is 0 Å². The van der Waals surface area contributed by atoms with Gasteiger partial charge in [0.15, 0.2) is 6.10 Å². The van der Waals surface area contributed by atoms with E-state index in [0.717, 1.165) is 62.0 Å². The van der Waals surface area contributed by atoms with Gasteiger partial charge in [-0.05, 0) is 61.8 Å². The van der Waals surface area contributed by atoms with E-state index in [4.69, 9.17) is 14.2 Å². The number of hydrogen-bond donors (Lipinski definition) is 0. The molecule has 1 amide bonds. The highest BCUT2D eigenvalue weighted by Gasteiger charge is 2.59. The topological polar surface area (TPSA) is 48.0 Å². The Hall–Kier alpha value is -2.37. The van der Waals surface area contributed by atoms with Gasteiger partial charge in [-0.3, -0.25) is 4.79 Å². The maximum absolute atomic E-state index is 13.4. The number of nitrogens with zero attached hydrogens (tertiary/aromatic N) is 1. The predicted octanol–water partition coefficient (Wildman–Crippen LogP) is 6.29. The first-order valence-electron chi connectivity index (χ1n) is 13.4. The minimum absolute atomic E-state index is 0.112. The summed E-state index contributed by atoms with van der Waals surface area (Å²) in [6.45, 7) is 4.19. The van der Waals surface area contributed by atoms with Crippen LogP contribution in [0, 0.1) is 0 Å². The van der Waals surface area contributed by atoms with E-state index in [9.17, 15) is 4.79 Å². The third-order valence-corrected chi connectivity index (χ3v) is 7.62. The van der Waals surface area contributed by atoms with Crippen LogP contribution in [0.2, 0.25) is 0 Å². The molecule has 0 radical (unpaired) electrons. The molecular formula is C30H41NO4. The van der Waals surface area contributed by atoms with Crippen LogP contribution in [0.4, 0.5) is 0 Å². The zero-order chi connectivity index (χ0) is 24.5. The van der Waals surface area contributed by atoms with Gasteiger partial charge in [0.25, 0.3) is 5.91 Å². The first kappa shape index (κ1) is 25.7. The second-order valence-electron chi connectivity index (χ2n) is 10.0. The highest BCUT2D eigenvalue weighted by atomic mass is 16.5. The van der Waals surface area contributed by atoms with Crippen LogP contribution >= 0.6 is 0 Å². The van der Waals surface area contributed by atoms with Gasteiger partial charge in [-0.2, -0.15) is 0 Å². The maximum atomic E-state index is 13.4. The van der Waals surface area contributed by atoms with Crippen LogP contribution in [-0.4, -0.2) is 42.3 Å². The second-order valence-corrected chi connectivity index (χ2v) is 10.0. The van der Waals surface area contributed by atoms with Crippen molar-refractivity contribution >= 4 is 5.91 Å². The van der Waals surface area contributed by atoms with Crippen molar-refractivity contribution in [2.45, 2.75) is 95.6 Å². The van der Waals surface area contributed by atoms with Crippen molar-refractivity contribution in [3.05, 3.63) is 65.7 Å². The third-order valence-electron chi connectivity index (χ3n) is 7.62. The summed E-state index contributed by atoms with van der Waals surface area (Å²) in [5.41, 5.74) is 1.97. The van der Waals surface area contributed by atoms with Crippen LogP contribution < -0.4 is 4.74 Å². The highest BCUT2D eigenvalue weighted by molar-refractivity contribution is 5.90. The van der Waals surface area contributed by atoms with Crippen LogP contribution in [0.15, 0.2) is 54.6 Å². The number of ether oxygens (including phenoxy) is 3. The molecule has 5 heteroatoms. The molecule has 2 aliphatic heterocycles. The molecule has 2 aromatic carbocycles. The molecule has 1 unspecified atom stereocenters. The first-order chi connectivity index (χ1) is 17.2. The van der Waals surface area contributed by atoms with Gasteiger partial charge in [0.2, 0.25) is 0 Å². The van der Waals surface area contributed by atoms with Crippen molar-refractivity contribution in [1.29, 1.82) is 0 Å². The minimum Gasteiger partial charge on any atom is -0.497 e. The summed E-state index contributed by atoms with van der Waals surface area (Å²) < 4.78 is 17.6. The molecule has 4 rings (SSSR count). The van der Waals surface area contributed by atoms with E-state index in [0.29, 0.717) is 19.3 Å². The van der Waals surface area contributed by atoms with E-state index in [1.807, 2.05) is 30.3 Å². The summed E-state index contributed by atoms with van der Waals surface area (Å²) in [5.74, 6) is 0.943. The Kier molecular flexibility index (Phi) is 9.22. The van der Waals surface area contributed by atoms with Crippen LogP contribution in [0.25, 0.3) is 0 Å². The second kappa shape index (κ2) is 12.5. The number of rotatable bonds is 13. The molecule has 2 aromatic rings. The molecule has 2 heterocycles. The van der Waals surface area contributed by atoms with E-state index in [-0.39, 0.29) is 17.6 Å². The highest BCUT2D eigenvalue weighted by Crippen LogP contribution is 2.44. The summed E-state index contributed by atoms with van der Waals surface area (Å²) in [6.07, 6.45) is 9.95. The molecule has 35 heavy (non-hydrogen) atoms. The first-order valence-corrected chi connectivity index (χ1v) is 13.4. The van der Waals surface area contributed by atoms with E-state index in [2.05, 4.69) is 36.1 Å². The zero-order valence-corrected chi connectivity index (χ0v) is 21.4. The molecule has 2 fully saturated rings. The molecule has 0 bridgehead atoms. The fraction of sp³-hybridized carbons (Fsp3) is 0.567. The van der Waals surface area contributed by atoms with Crippen LogP contribution in [0.1, 0.15) is 75.8 Å². The number of likely N-dealkylation sites (tertiary alicyclic amines) is 1. The lowest BCUT2D eigenvalue weighted by Gasteiger charge is -2.58. The Morgan fingerprint density at radius 3 is 2.49 bits per heavy atom. The SMILES string of the molecule is CCC[C@]1(CCCCC2CCCCO2)[C@@H](OCc2ccccc2)C(=O)N1Cc1ccc(OC)cc1. The van der Waals surface area contributed by atoms with Gasteiger partial charge in [-0.1, -0.05) is 68.7 Å². The molecule has 0 aromatic heterocycles. The van der Waals surface area contributed by atoms with Gasteiger partial charge >= 0.3 is 0 Å². The van der Waals surface area contributed by atoms with E-state index >= 15 is 0 Å². The number of unbranched alkanes of at least 4 members (excludes halogenated alkanes) is 1. The molecule has 0 aliphatic carbocycles. The van der Waals surface area contributed by atoms with Crippen LogP contribution in [0.5, 0.6) is 5.75 Å². The summed E-state index contributed by atoms with van der Waals surface area (Å²) in [6, 6.07) is 18.2. The Morgan fingerprint density at radius 1 is 1.00 bits per heavy atom. The number of hydrogen-bond acceptors (Lipinski definition) is 4. The number of β-lactam (4-membered cyclic amide) rings is 1. The smallest absolute Gasteiger partial charge is 0.255 e. The zero-order valence-electron chi connectivity index (χ0n) is 21.4. The lowest BCUT2D eigenvalue weighted by Crippen LogP contribution is -2.74. The minimum atomic E-state index is -0.383. The average Bonchev–Trinajstić information content (AvgIpc) is 2.91. The molecule has 190 valence electrons. The molecule has 0 spiro atoms. The molecule has 2 aliphatic rings. The normalized spacial score (nSPS) is 24.3. The van der Waals surface area contributed by atoms with Crippen molar-refractivity contribution in [2.75, 3.05) is 13.7 Å². The molecule has 2 saturated heterocycles. The van der Waals surface area contributed by atoms with Crippen molar-refractivity contribution in [3.8, 4) is 5.75 Å². The van der Waals surface area contributed by atoms with E-state index < -0.39 is 0 Å². The summed E-state index contributed by atoms with van der Waals surface area (Å²) in [7, 11) is 1.67. The number of amides is 1. The summed E-state index contributed by atoms with van der Waals surface area (Å²) in [5, 5.41) is 0. The van der Waals surface area contributed by atoms with Gasteiger partial charge in [0.1, 0.15) is 5.75 Å². The van der Waals surface area contributed by atoms with Crippen LogP contribution in [0.3, 0.4) is 0 Å². The third kappa shape index (κ3) is 6.25. The average molecular weight is 480 g/mol.